The minimum atomic E-state index is -0.0594. The van der Waals surface area contributed by atoms with Crippen LogP contribution in [0.3, 0.4) is 0 Å². The summed E-state index contributed by atoms with van der Waals surface area (Å²) in [5.74, 6) is 0.730. The van der Waals surface area contributed by atoms with Gasteiger partial charge in [0.15, 0.2) is 0 Å². The summed E-state index contributed by atoms with van der Waals surface area (Å²) < 4.78 is 0. The van der Waals surface area contributed by atoms with Crippen molar-refractivity contribution in [1.29, 1.82) is 0 Å². The molecule has 1 saturated carbocycles. The maximum atomic E-state index is 13.4. The van der Waals surface area contributed by atoms with Crippen molar-refractivity contribution in [3.63, 3.8) is 0 Å². The molecule has 0 spiro atoms. The average Bonchev–Trinajstić information content (AvgIpc) is 3.48. The van der Waals surface area contributed by atoms with E-state index in [2.05, 4.69) is 53.0 Å². The quantitative estimate of drug-likeness (QED) is 0.531. The van der Waals surface area contributed by atoms with Crippen LogP contribution in [0.4, 0.5) is 0 Å². The Morgan fingerprint density at radius 1 is 1.14 bits per heavy atom. The topological polar surface area (TPSA) is 45.6 Å². The summed E-state index contributed by atoms with van der Waals surface area (Å²) >= 11 is 3.44. The molecule has 0 aromatic carbocycles. The van der Waals surface area contributed by atoms with E-state index in [4.69, 9.17) is 5.10 Å². The largest absolute Gasteiger partial charge is 0.274 e. The lowest BCUT2D eigenvalue weighted by atomic mass is 9.74. The lowest BCUT2D eigenvalue weighted by molar-refractivity contribution is 0.0680. The van der Waals surface area contributed by atoms with Gasteiger partial charge in [0.25, 0.3) is 5.91 Å². The SMILES string of the molecule is C[C@@H]1C/C(=C/c2cccs2)C2=NN(C(=O)c3ccncc3)[C@H](c3cccs3)[C@@H]2C1. The number of hydrazone groups is 1. The number of amides is 1. The molecule has 2 aliphatic rings. The molecular weight excluding hydrogens is 398 g/mol. The van der Waals surface area contributed by atoms with Crippen molar-refractivity contribution in [2.45, 2.75) is 25.8 Å². The Labute approximate surface area is 178 Å². The normalized spacial score (nSPS) is 25.1. The summed E-state index contributed by atoms with van der Waals surface area (Å²) in [4.78, 5) is 19.9. The van der Waals surface area contributed by atoms with Gasteiger partial charge in [-0.3, -0.25) is 9.78 Å². The zero-order chi connectivity index (χ0) is 19.8. The van der Waals surface area contributed by atoms with Crippen LogP contribution in [0.1, 0.15) is 45.9 Å². The predicted molar refractivity (Wildman–Crippen MR) is 119 cm³/mol. The molecule has 146 valence electrons. The average molecular weight is 420 g/mol. The molecule has 3 aromatic heterocycles. The number of aromatic nitrogens is 1. The maximum Gasteiger partial charge on any atom is 0.274 e. The van der Waals surface area contributed by atoms with Gasteiger partial charge in [-0.05, 0) is 65.4 Å². The van der Waals surface area contributed by atoms with Crippen LogP contribution in [0.25, 0.3) is 6.08 Å². The number of pyridine rings is 1. The minimum Gasteiger partial charge on any atom is -0.267 e. The molecule has 4 nitrogen and oxygen atoms in total. The van der Waals surface area contributed by atoms with Gasteiger partial charge in [-0.2, -0.15) is 5.10 Å². The lowest BCUT2D eigenvalue weighted by Gasteiger charge is -2.31. The highest BCUT2D eigenvalue weighted by molar-refractivity contribution is 7.11. The van der Waals surface area contributed by atoms with Crippen molar-refractivity contribution in [1.82, 2.24) is 9.99 Å². The number of hydrogen-bond donors (Lipinski definition) is 0. The van der Waals surface area contributed by atoms with Crippen LogP contribution in [0.2, 0.25) is 0 Å². The van der Waals surface area contributed by atoms with Crippen LogP contribution < -0.4 is 0 Å². The van der Waals surface area contributed by atoms with Crippen molar-refractivity contribution in [2.24, 2.45) is 16.9 Å². The molecule has 0 bridgehead atoms. The molecule has 3 aromatic rings. The summed E-state index contributed by atoms with van der Waals surface area (Å²) in [6.45, 7) is 2.30. The second-order valence-corrected chi connectivity index (χ2v) is 9.63. The number of hydrogen-bond acceptors (Lipinski definition) is 5. The summed E-state index contributed by atoms with van der Waals surface area (Å²) in [6.07, 6.45) is 7.63. The zero-order valence-electron chi connectivity index (χ0n) is 16.1. The van der Waals surface area contributed by atoms with E-state index in [1.165, 1.54) is 15.3 Å². The molecule has 0 radical (unpaired) electrons. The first kappa shape index (κ1) is 18.5. The zero-order valence-corrected chi connectivity index (χ0v) is 17.7. The molecule has 6 heteroatoms. The number of fused-ring (bicyclic) bond motifs is 1. The van der Waals surface area contributed by atoms with E-state index < -0.39 is 0 Å². The predicted octanol–water partition coefficient (Wildman–Crippen LogP) is 5.89. The molecule has 29 heavy (non-hydrogen) atoms. The van der Waals surface area contributed by atoms with Gasteiger partial charge in [-0.1, -0.05) is 19.1 Å². The second kappa shape index (κ2) is 7.69. The van der Waals surface area contributed by atoms with Crippen molar-refractivity contribution in [3.8, 4) is 0 Å². The van der Waals surface area contributed by atoms with Gasteiger partial charge in [0.05, 0.1) is 11.8 Å². The van der Waals surface area contributed by atoms with Gasteiger partial charge >= 0.3 is 0 Å². The first-order valence-electron chi connectivity index (χ1n) is 9.80. The van der Waals surface area contributed by atoms with E-state index in [-0.39, 0.29) is 17.9 Å². The van der Waals surface area contributed by atoms with Gasteiger partial charge in [-0.25, -0.2) is 5.01 Å². The highest BCUT2D eigenvalue weighted by Gasteiger charge is 2.45. The number of thiophene rings is 2. The van der Waals surface area contributed by atoms with E-state index >= 15 is 0 Å². The number of carbonyl (C=O) groups excluding carboxylic acids is 1. The third-order valence-corrected chi connectivity index (χ3v) is 7.36. The Kier molecular flexibility index (Phi) is 4.89. The van der Waals surface area contributed by atoms with Gasteiger partial charge < -0.3 is 0 Å². The molecule has 4 heterocycles. The van der Waals surface area contributed by atoms with Gasteiger partial charge in [-0.15, -0.1) is 22.7 Å². The fraction of sp³-hybridized carbons (Fsp3) is 0.261. The first-order valence-corrected chi connectivity index (χ1v) is 11.6. The van der Waals surface area contributed by atoms with E-state index in [0.29, 0.717) is 11.5 Å². The number of rotatable bonds is 3. The molecule has 0 N–H and O–H groups in total. The van der Waals surface area contributed by atoms with E-state index in [1.807, 2.05) is 0 Å². The van der Waals surface area contributed by atoms with Crippen LogP contribution in [0, 0.1) is 11.8 Å². The smallest absolute Gasteiger partial charge is 0.267 e. The van der Waals surface area contributed by atoms with Crippen LogP contribution >= 0.6 is 22.7 Å². The highest BCUT2D eigenvalue weighted by Crippen LogP contribution is 2.47. The maximum absolute atomic E-state index is 13.4. The Morgan fingerprint density at radius 2 is 1.93 bits per heavy atom. The fourth-order valence-electron chi connectivity index (χ4n) is 4.37. The number of allylic oxidation sites excluding steroid dienone is 1. The number of carbonyl (C=O) groups is 1. The van der Waals surface area contributed by atoms with Crippen LogP contribution in [-0.4, -0.2) is 21.6 Å². The fourth-order valence-corrected chi connectivity index (χ4v) is 5.92. The van der Waals surface area contributed by atoms with Gasteiger partial charge in [0, 0.05) is 33.6 Å². The first-order chi connectivity index (χ1) is 14.2. The molecule has 1 aliphatic heterocycles. The van der Waals surface area contributed by atoms with Crippen molar-refractivity contribution in [3.05, 3.63) is 80.4 Å². The second-order valence-electron chi connectivity index (χ2n) is 7.67. The van der Waals surface area contributed by atoms with Crippen LogP contribution in [-0.2, 0) is 0 Å². The molecule has 3 atom stereocenters. The molecule has 0 saturated heterocycles. The van der Waals surface area contributed by atoms with Gasteiger partial charge in [0.2, 0.25) is 0 Å². The summed E-state index contributed by atoms with van der Waals surface area (Å²) in [7, 11) is 0. The van der Waals surface area contributed by atoms with E-state index in [9.17, 15) is 4.79 Å². The molecule has 1 aliphatic carbocycles. The van der Waals surface area contributed by atoms with Crippen molar-refractivity contribution < 1.29 is 4.79 Å². The Bertz CT molecular complexity index is 1060. The minimum absolute atomic E-state index is 0.0415. The monoisotopic (exact) mass is 419 g/mol. The number of nitrogens with zero attached hydrogens (tertiary/aromatic N) is 3. The van der Waals surface area contributed by atoms with Gasteiger partial charge in [0.1, 0.15) is 0 Å². The Morgan fingerprint density at radius 3 is 2.66 bits per heavy atom. The summed E-state index contributed by atoms with van der Waals surface area (Å²) in [5.41, 5.74) is 2.97. The van der Waals surface area contributed by atoms with Crippen LogP contribution in [0.15, 0.2) is 70.2 Å². The van der Waals surface area contributed by atoms with Crippen molar-refractivity contribution in [2.75, 3.05) is 0 Å². The molecule has 0 unspecified atom stereocenters. The van der Waals surface area contributed by atoms with Crippen LogP contribution in [0.5, 0.6) is 0 Å². The lowest BCUT2D eigenvalue weighted by Crippen LogP contribution is -2.32. The third kappa shape index (κ3) is 3.47. The molecule has 1 amide bonds. The standard InChI is InChI=1S/C23H21N3OS2/c1-15-12-17(14-18-4-2-10-28-18)21-19(13-15)22(20-5-3-11-29-20)26(25-21)23(27)16-6-8-24-9-7-16/h2-11,14-15,19,22H,12-13H2,1H3/b17-14-/t15-,19-,22+/m1/s1. The Hall–Kier alpha value is -2.57. The Balaban J connectivity index is 1.59. The summed E-state index contributed by atoms with van der Waals surface area (Å²) in [5, 5.41) is 10.8. The molecule has 5 rings (SSSR count). The highest BCUT2D eigenvalue weighted by atomic mass is 32.1. The van der Waals surface area contributed by atoms with Crippen molar-refractivity contribution >= 4 is 40.4 Å². The van der Waals surface area contributed by atoms with E-state index in [1.54, 1.807) is 52.2 Å². The summed E-state index contributed by atoms with van der Waals surface area (Å²) in [6, 6.07) is 11.9. The van der Waals surface area contributed by atoms with E-state index in [0.717, 1.165) is 18.6 Å². The third-order valence-electron chi connectivity index (χ3n) is 5.59. The molecular formula is C23H21N3OS2. The molecule has 1 fully saturated rings.